The highest BCUT2D eigenvalue weighted by molar-refractivity contribution is 6.50. The van der Waals surface area contributed by atoms with E-state index in [-0.39, 0.29) is 20.8 Å². The summed E-state index contributed by atoms with van der Waals surface area (Å²) >= 11 is 24.3. The molecule has 2 aromatic carbocycles. The lowest BCUT2D eigenvalue weighted by Crippen LogP contribution is -1.91. The van der Waals surface area contributed by atoms with E-state index in [0.29, 0.717) is 21.7 Å². The first-order valence-corrected chi connectivity index (χ1v) is 7.53. The summed E-state index contributed by atoms with van der Waals surface area (Å²) in [6.45, 7) is 0. The van der Waals surface area contributed by atoms with Crippen LogP contribution in [0.3, 0.4) is 0 Å². The molecule has 112 valence electrons. The van der Waals surface area contributed by atoms with E-state index in [9.17, 15) is 4.39 Å². The molecule has 0 aliphatic heterocycles. The van der Waals surface area contributed by atoms with Crippen LogP contribution in [0.2, 0.25) is 20.1 Å². The Morgan fingerprint density at radius 1 is 0.864 bits per heavy atom. The maximum Gasteiger partial charge on any atom is 0.146 e. The van der Waals surface area contributed by atoms with E-state index >= 15 is 0 Å². The molecule has 7 heteroatoms. The number of nitrogens with zero attached hydrogens (tertiary/aromatic N) is 1. The lowest BCUT2D eigenvalue weighted by Gasteiger charge is -2.12. The summed E-state index contributed by atoms with van der Waals surface area (Å²) in [5.41, 5.74) is 0.523. The molecule has 0 spiro atoms. The maximum atomic E-state index is 13.1. The van der Waals surface area contributed by atoms with E-state index in [0.717, 1.165) is 6.07 Å². The topological polar surface area (TPSA) is 22.1 Å². The maximum absolute atomic E-state index is 13.1. The minimum atomic E-state index is -0.454. The van der Waals surface area contributed by atoms with Crippen LogP contribution in [0.1, 0.15) is 0 Å². The highest BCUT2D eigenvalue weighted by atomic mass is 35.5. The first-order chi connectivity index (χ1) is 10.5. The summed E-state index contributed by atoms with van der Waals surface area (Å²) in [7, 11) is 0. The number of aromatic nitrogens is 1. The molecule has 0 radical (unpaired) electrons. The predicted octanol–water partition coefficient (Wildman–Crippen LogP) is 6.78. The second-order valence-corrected chi connectivity index (χ2v) is 5.94. The van der Waals surface area contributed by atoms with Crippen molar-refractivity contribution in [1.82, 2.24) is 4.98 Å². The number of fused-ring (bicyclic) bond motifs is 1. The molecule has 0 bridgehead atoms. The molecule has 22 heavy (non-hydrogen) atoms. The first-order valence-electron chi connectivity index (χ1n) is 6.02. The summed E-state index contributed by atoms with van der Waals surface area (Å²) in [6, 6.07) is 7.03. The van der Waals surface area contributed by atoms with Crippen LogP contribution in [0.5, 0.6) is 11.5 Å². The van der Waals surface area contributed by atoms with Crippen LogP contribution in [0, 0.1) is 5.82 Å². The fourth-order valence-electron chi connectivity index (χ4n) is 1.95. The molecular formula is C15H6Cl4FNO. The summed E-state index contributed by atoms with van der Waals surface area (Å²) in [5.74, 6) is 0.226. The average Bonchev–Trinajstić information content (AvgIpc) is 2.47. The highest BCUT2D eigenvalue weighted by Crippen LogP contribution is 2.42. The average molecular weight is 377 g/mol. The molecule has 0 aliphatic carbocycles. The third-order valence-electron chi connectivity index (χ3n) is 2.94. The molecule has 3 rings (SSSR count). The highest BCUT2D eigenvalue weighted by Gasteiger charge is 2.15. The third kappa shape index (κ3) is 2.82. The number of hydrogen-bond acceptors (Lipinski definition) is 2. The standard InChI is InChI=1S/C15H6Cl4FNO/c16-8-5-7(20)1-2-11(8)22-12-3-4-21-10-6-9(17)14(18)15(19)13(10)12/h1-6H. The largest absolute Gasteiger partial charge is 0.455 e. The van der Waals surface area contributed by atoms with Crippen molar-refractivity contribution in [1.29, 1.82) is 0 Å². The van der Waals surface area contributed by atoms with Crippen molar-refractivity contribution in [2.75, 3.05) is 0 Å². The van der Waals surface area contributed by atoms with Crippen LogP contribution < -0.4 is 4.74 Å². The molecule has 0 atom stereocenters. The van der Waals surface area contributed by atoms with E-state index in [1.807, 2.05) is 0 Å². The van der Waals surface area contributed by atoms with Crippen LogP contribution in [0.25, 0.3) is 10.9 Å². The van der Waals surface area contributed by atoms with Gasteiger partial charge in [0.1, 0.15) is 17.3 Å². The lowest BCUT2D eigenvalue weighted by atomic mass is 10.2. The number of pyridine rings is 1. The molecule has 1 aromatic heterocycles. The number of rotatable bonds is 2. The van der Waals surface area contributed by atoms with Crippen molar-refractivity contribution in [3.63, 3.8) is 0 Å². The van der Waals surface area contributed by atoms with Gasteiger partial charge in [-0.3, -0.25) is 4.98 Å². The van der Waals surface area contributed by atoms with Gasteiger partial charge in [-0.25, -0.2) is 4.39 Å². The molecule has 1 heterocycles. The van der Waals surface area contributed by atoms with Crippen molar-refractivity contribution >= 4 is 57.3 Å². The SMILES string of the molecule is Fc1ccc(Oc2ccnc3cc(Cl)c(Cl)c(Cl)c23)c(Cl)c1. The molecular weight excluding hydrogens is 371 g/mol. The van der Waals surface area contributed by atoms with Gasteiger partial charge in [-0.1, -0.05) is 46.4 Å². The normalized spacial score (nSPS) is 11.0. The Morgan fingerprint density at radius 3 is 2.36 bits per heavy atom. The second kappa shape index (κ2) is 6.09. The zero-order chi connectivity index (χ0) is 15.9. The van der Waals surface area contributed by atoms with Crippen molar-refractivity contribution in [2.45, 2.75) is 0 Å². The Bertz CT molecular complexity index is 885. The monoisotopic (exact) mass is 375 g/mol. The Balaban J connectivity index is 2.17. The Labute approximate surface area is 145 Å². The van der Waals surface area contributed by atoms with Gasteiger partial charge in [0.05, 0.1) is 31.0 Å². The first kappa shape index (κ1) is 15.6. The van der Waals surface area contributed by atoms with Gasteiger partial charge in [0.15, 0.2) is 0 Å². The van der Waals surface area contributed by atoms with E-state index < -0.39 is 5.82 Å². The van der Waals surface area contributed by atoms with Crippen LogP contribution in [0.15, 0.2) is 36.5 Å². The van der Waals surface area contributed by atoms with Crippen LogP contribution in [-0.2, 0) is 0 Å². The third-order valence-corrected chi connectivity index (χ3v) is 4.50. The number of ether oxygens (including phenoxy) is 1. The molecule has 0 aliphatic rings. The van der Waals surface area contributed by atoms with Gasteiger partial charge in [-0.2, -0.15) is 0 Å². The quantitative estimate of drug-likeness (QED) is 0.460. The van der Waals surface area contributed by atoms with Gasteiger partial charge in [0.25, 0.3) is 0 Å². The van der Waals surface area contributed by atoms with Gasteiger partial charge >= 0.3 is 0 Å². The van der Waals surface area contributed by atoms with E-state index in [4.69, 9.17) is 51.1 Å². The molecule has 2 nitrogen and oxygen atoms in total. The van der Waals surface area contributed by atoms with Crippen molar-refractivity contribution < 1.29 is 9.13 Å². The zero-order valence-corrected chi connectivity index (χ0v) is 13.7. The molecule has 0 N–H and O–H groups in total. The summed E-state index contributed by atoms with van der Waals surface area (Å²) in [4.78, 5) is 4.18. The predicted molar refractivity (Wildman–Crippen MR) is 88.3 cm³/mol. The van der Waals surface area contributed by atoms with Gasteiger partial charge in [0.2, 0.25) is 0 Å². The Hall–Kier alpha value is -1.26. The Morgan fingerprint density at radius 2 is 1.64 bits per heavy atom. The number of halogens is 5. The molecule has 3 aromatic rings. The van der Waals surface area contributed by atoms with Gasteiger partial charge in [-0.15, -0.1) is 0 Å². The van der Waals surface area contributed by atoms with E-state index in [2.05, 4.69) is 4.98 Å². The molecule has 0 fully saturated rings. The number of benzene rings is 2. The van der Waals surface area contributed by atoms with Crippen LogP contribution in [-0.4, -0.2) is 4.98 Å². The van der Waals surface area contributed by atoms with Crippen molar-refractivity contribution in [3.8, 4) is 11.5 Å². The molecule has 0 amide bonds. The summed E-state index contributed by atoms with van der Waals surface area (Å²) < 4.78 is 18.8. The Kier molecular flexibility index (Phi) is 4.33. The lowest BCUT2D eigenvalue weighted by molar-refractivity contribution is 0.486. The van der Waals surface area contributed by atoms with Gasteiger partial charge in [-0.05, 0) is 30.3 Å². The molecule has 0 saturated carbocycles. The molecule has 0 unspecified atom stereocenters. The minimum absolute atomic E-state index is 0.140. The summed E-state index contributed by atoms with van der Waals surface area (Å²) in [5, 5.41) is 1.37. The van der Waals surface area contributed by atoms with E-state index in [1.54, 1.807) is 12.1 Å². The fraction of sp³-hybridized carbons (Fsp3) is 0. The smallest absolute Gasteiger partial charge is 0.146 e. The zero-order valence-electron chi connectivity index (χ0n) is 10.7. The van der Waals surface area contributed by atoms with E-state index in [1.165, 1.54) is 18.3 Å². The van der Waals surface area contributed by atoms with Gasteiger partial charge < -0.3 is 4.74 Å². The number of hydrogen-bond donors (Lipinski definition) is 0. The van der Waals surface area contributed by atoms with Crippen molar-refractivity contribution in [2.24, 2.45) is 0 Å². The van der Waals surface area contributed by atoms with Crippen LogP contribution >= 0.6 is 46.4 Å². The van der Waals surface area contributed by atoms with Crippen LogP contribution in [0.4, 0.5) is 4.39 Å². The second-order valence-electron chi connectivity index (χ2n) is 4.37. The molecule has 0 saturated heterocycles. The minimum Gasteiger partial charge on any atom is -0.455 e. The van der Waals surface area contributed by atoms with Crippen molar-refractivity contribution in [3.05, 3.63) is 62.4 Å². The van der Waals surface area contributed by atoms with Gasteiger partial charge in [0, 0.05) is 6.20 Å². The fourth-order valence-corrected chi connectivity index (χ4v) is 2.84. The summed E-state index contributed by atoms with van der Waals surface area (Å²) in [6.07, 6.45) is 1.54.